The van der Waals surface area contributed by atoms with Crippen molar-refractivity contribution in [3.05, 3.63) is 89.5 Å². The van der Waals surface area contributed by atoms with Gasteiger partial charge in [0, 0.05) is 43.4 Å². The monoisotopic (exact) mass is 376 g/mol. The molecule has 2 heterocycles. The lowest BCUT2D eigenvalue weighted by Gasteiger charge is -2.23. The topological polar surface area (TPSA) is 98.4 Å². The van der Waals surface area contributed by atoms with Gasteiger partial charge in [0.15, 0.2) is 0 Å². The Bertz CT molecular complexity index is 920. The van der Waals surface area contributed by atoms with E-state index in [1.807, 2.05) is 24.3 Å². The van der Waals surface area contributed by atoms with Crippen molar-refractivity contribution in [1.29, 1.82) is 0 Å². The van der Waals surface area contributed by atoms with Crippen molar-refractivity contribution < 1.29 is 14.3 Å². The Balaban J connectivity index is 1.93. The number of methoxy groups -OCH3 is 1. The Morgan fingerprint density at radius 1 is 1.00 bits per heavy atom. The predicted octanol–water partition coefficient (Wildman–Crippen LogP) is 2.43. The third kappa shape index (κ3) is 4.50. The lowest BCUT2D eigenvalue weighted by molar-refractivity contribution is 0.0729. The van der Waals surface area contributed by atoms with E-state index in [9.17, 15) is 9.59 Å². The first-order chi connectivity index (χ1) is 13.6. The van der Waals surface area contributed by atoms with Gasteiger partial charge < -0.3 is 15.4 Å². The first-order valence-electron chi connectivity index (χ1n) is 8.63. The van der Waals surface area contributed by atoms with Gasteiger partial charge in [0.05, 0.1) is 12.7 Å². The lowest BCUT2D eigenvalue weighted by atomic mass is 10.1. The average Bonchev–Trinajstić information content (AvgIpc) is 2.73. The van der Waals surface area contributed by atoms with Crippen LogP contribution in [0, 0.1) is 0 Å². The van der Waals surface area contributed by atoms with Crippen LogP contribution in [0.5, 0.6) is 5.75 Å². The highest BCUT2D eigenvalue weighted by Crippen LogP contribution is 2.21. The molecule has 0 bridgehead atoms. The first kappa shape index (κ1) is 19.0. The molecule has 2 aromatic heterocycles. The Morgan fingerprint density at radius 2 is 1.61 bits per heavy atom. The molecule has 0 aliphatic heterocycles. The lowest BCUT2D eigenvalue weighted by Crippen LogP contribution is -2.30. The summed E-state index contributed by atoms with van der Waals surface area (Å²) in [5, 5.41) is 0. The number of hydrogen-bond donors (Lipinski definition) is 1. The fourth-order valence-corrected chi connectivity index (χ4v) is 2.84. The highest BCUT2D eigenvalue weighted by molar-refractivity contribution is 6.00. The molecule has 2 amide bonds. The van der Waals surface area contributed by atoms with Crippen LogP contribution in [0.25, 0.3) is 0 Å². The van der Waals surface area contributed by atoms with Gasteiger partial charge in [-0.1, -0.05) is 12.1 Å². The van der Waals surface area contributed by atoms with Crippen molar-refractivity contribution in [2.24, 2.45) is 5.73 Å². The van der Waals surface area contributed by atoms with Gasteiger partial charge in [-0.15, -0.1) is 0 Å². The summed E-state index contributed by atoms with van der Waals surface area (Å²) < 4.78 is 5.15. The normalized spacial score (nSPS) is 10.3. The summed E-state index contributed by atoms with van der Waals surface area (Å²) in [6, 6.07) is 12.1. The number of benzene rings is 1. The summed E-state index contributed by atoms with van der Waals surface area (Å²) in [6.45, 7) is 0.721. The van der Waals surface area contributed by atoms with Crippen molar-refractivity contribution in [3.8, 4) is 5.75 Å². The van der Waals surface area contributed by atoms with Crippen LogP contribution in [-0.2, 0) is 13.1 Å². The number of hydrogen-bond acceptors (Lipinski definition) is 5. The summed E-state index contributed by atoms with van der Waals surface area (Å²) in [5.74, 6) is -0.564. The number of carbonyl (C=O) groups excluding carboxylic acids is 2. The van der Waals surface area contributed by atoms with E-state index in [2.05, 4.69) is 9.97 Å². The number of nitrogens with two attached hydrogens (primary N) is 1. The van der Waals surface area contributed by atoms with Gasteiger partial charge in [-0.3, -0.25) is 19.6 Å². The van der Waals surface area contributed by atoms with E-state index in [4.69, 9.17) is 10.5 Å². The van der Waals surface area contributed by atoms with E-state index < -0.39 is 5.91 Å². The van der Waals surface area contributed by atoms with Gasteiger partial charge in [-0.25, -0.2) is 0 Å². The SMILES string of the molecule is COc1ccc(C(=O)N(Cc2cccnc2)Cc2cccnc2)cc1C(N)=O. The Labute approximate surface area is 162 Å². The summed E-state index contributed by atoms with van der Waals surface area (Å²) in [4.78, 5) is 34.8. The first-order valence-corrected chi connectivity index (χ1v) is 8.63. The van der Waals surface area contributed by atoms with Crippen LogP contribution < -0.4 is 10.5 Å². The van der Waals surface area contributed by atoms with Crippen LogP contribution in [0.2, 0.25) is 0 Å². The molecule has 0 atom stereocenters. The van der Waals surface area contributed by atoms with E-state index in [1.54, 1.807) is 41.8 Å². The maximum Gasteiger partial charge on any atom is 0.254 e. The molecule has 0 aliphatic carbocycles. The third-order valence-electron chi connectivity index (χ3n) is 4.19. The number of nitrogens with zero attached hydrogens (tertiary/aromatic N) is 3. The Kier molecular flexibility index (Phi) is 5.96. The van der Waals surface area contributed by atoms with Crippen molar-refractivity contribution in [2.45, 2.75) is 13.1 Å². The molecule has 0 unspecified atom stereocenters. The maximum absolute atomic E-state index is 13.2. The van der Waals surface area contributed by atoms with Gasteiger partial charge in [0.1, 0.15) is 5.75 Å². The van der Waals surface area contributed by atoms with Crippen LogP contribution >= 0.6 is 0 Å². The molecular formula is C21H20N4O3. The number of carbonyl (C=O) groups is 2. The van der Waals surface area contributed by atoms with Gasteiger partial charge in [0.2, 0.25) is 0 Å². The van der Waals surface area contributed by atoms with Crippen molar-refractivity contribution in [1.82, 2.24) is 14.9 Å². The van der Waals surface area contributed by atoms with E-state index in [0.717, 1.165) is 11.1 Å². The van der Waals surface area contributed by atoms with Gasteiger partial charge in [-0.05, 0) is 41.5 Å². The molecule has 3 aromatic rings. The van der Waals surface area contributed by atoms with E-state index in [1.165, 1.54) is 13.2 Å². The standard InChI is InChI=1S/C21H20N4O3/c1-28-19-7-6-17(10-18(19)20(22)26)21(27)25(13-15-4-2-8-23-11-15)14-16-5-3-9-24-12-16/h2-12H,13-14H2,1H3,(H2,22,26). The van der Waals surface area contributed by atoms with E-state index >= 15 is 0 Å². The number of aromatic nitrogens is 2. The number of amides is 2. The number of pyridine rings is 2. The molecule has 142 valence electrons. The molecule has 7 nitrogen and oxygen atoms in total. The molecular weight excluding hydrogens is 356 g/mol. The number of ether oxygens (including phenoxy) is 1. The molecule has 0 spiro atoms. The zero-order valence-corrected chi connectivity index (χ0v) is 15.4. The van der Waals surface area contributed by atoms with Crippen LogP contribution in [-0.4, -0.2) is 33.8 Å². The summed E-state index contributed by atoms with van der Waals surface area (Å²) >= 11 is 0. The fourth-order valence-electron chi connectivity index (χ4n) is 2.84. The van der Waals surface area contributed by atoms with Crippen LogP contribution in [0.4, 0.5) is 0 Å². The Morgan fingerprint density at radius 3 is 2.07 bits per heavy atom. The molecule has 0 saturated heterocycles. The third-order valence-corrected chi connectivity index (χ3v) is 4.19. The largest absolute Gasteiger partial charge is 0.496 e. The minimum absolute atomic E-state index is 0.163. The minimum atomic E-state index is -0.655. The van der Waals surface area contributed by atoms with Crippen molar-refractivity contribution in [3.63, 3.8) is 0 Å². The summed E-state index contributed by atoms with van der Waals surface area (Å²) in [7, 11) is 1.44. The van der Waals surface area contributed by atoms with Gasteiger partial charge in [-0.2, -0.15) is 0 Å². The van der Waals surface area contributed by atoms with Crippen LogP contribution in [0.1, 0.15) is 31.8 Å². The smallest absolute Gasteiger partial charge is 0.254 e. The quantitative estimate of drug-likeness (QED) is 0.683. The molecule has 0 radical (unpaired) electrons. The maximum atomic E-state index is 13.2. The molecule has 0 fully saturated rings. The zero-order chi connectivity index (χ0) is 19.9. The second-order valence-corrected chi connectivity index (χ2v) is 6.16. The van der Waals surface area contributed by atoms with E-state index in [-0.39, 0.29) is 11.5 Å². The number of rotatable bonds is 7. The fraction of sp³-hybridized carbons (Fsp3) is 0.143. The summed E-state index contributed by atoms with van der Waals surface area (Å²) in [6.07, 6.45) is 6.79. The molecule has 3 rings (SSSR count). The van der Waals surface area contributed by atoms with E-state index in [0.29, 0.717) is 24.4 Å². The molecule has 0 saturated carbocycles. The molecule has 7 heteroatoms. The second kappa shape index (κ2) is 8.77. The zero-order valence-electron chi connectivity index (χ0n) is 15.4. The van der Waals surface area contributed by atoms with Gasteiger partial charge in [0.25, 0.3) is 11.8 Å². The second-order valence-electron chi connectivity index (χ2n) is 6.16. The average molecular weight is 376 g/mol. The minimum Gasteiger partial charge on any atom is -0.496 e. The van der Waals surface area contributed by atoms with Crippen molar-refractivity contribution >= 4 is 11.8 Å². The van der Waals surface area contributed by atoms with Crippen LogP contribution in [0.3, 0.4) is 0 Å². The molecule has 1 aromatic carbocycles. The highest BCUT2D eigenvalue weighted by atomic mass is 16.5. The molecule has 2 N–H and O–H groups in total. The van der Waals surface area contributed by atoms with Gasteiger partial charge >= 0.3 is 0 Å². The molecule has 0 aliphatic rings. The Hall–Kier alpha value is -3.74. The highest BCUT2D eigenvalue weighted by Gasteiger charge is 2.20. The van der Waals surface area contributed by atoms with Crippen molar-refractivity contribution in [2.75, 3.05) is 7.11 Å². The molecule has 28 heavy (non-hydrogen) atoms. The number of primary amides is 1. The van der Waals surface area contributed by atoms with Crippen LogP contribution in [0.15, 0.2) is 67.3 Å². The predicted molar refractivity (Wildman–Crippen MR) is 104 cm³/mol. The summed E-state index contributed by atoms with van der Waals surface area (Å²) in [5.41, 5.74) is 7.72.